The van der Waals surface area contributed by atoms with Gasteiger partial charge in [0.25, 0.3) is 0 Å². The van der Waals surface area contributed by atoms with Crippen LogP contribution in [0, 0.1) is 13.8 Å². The van der Waals surface area contributed by atoms with Gasteiger partial charge in [-0.25, -0.2) is 4.98 Å². The molecule has 1 aliphatic rings. The van der Waals surface area contributed by atoms with Crippen LogP contribution in [0.15, 0.2) is 4.42 Å². The topological polar surface area (TPSA) is 41.3 Å². The molecule has 0 saturated carbocycles. The minimum Gasteiger partial charge on any atom is -0.444 e. The molecule has 84 valence electrons. The summed E-state index contributed by atoms with van der Waals surface area (Å²) in [5.41, 5.74) is 1.01. The molecule has 1 aliphatic heterocycles. The van der Waals surface area contributed by atoms with E-state index in [0.29, 0.717) is 6.04 Å². The van der Waals surface area contributed by atoms with Gasteiger partial charge >= 0.3 is 0 Å². The maximum Gasteiger partial charge on any atom is 0.208 e. The molecule has 2 rings (SSSR count). The largest absolute Gasteiger partial charge is 0.444 e. The molecular weight excluding hydrogens is 190 g/mol. The Kier molecular flexibility index (Phi) is 3.07. The van der Waals surface area contributed by atoms with E-state index >= 15 is 0 Å². The van der Waals surface area contributed by atoms with Crippen molar-refractivity contribution < 1.29 is 4.42 Å². The number of hydrogen-bond acceptors (Lipinski definition) is 4. The average molecular weight is 209 g/mol. The van der Waals surface area contributed by atoms with E-state index in [-0.39, 0.29) is 0 Å². The summed E-state index contributed by atoms with van der Waals surface area (Å²) in [6, 6.07) is 0.561. The standard InChI is InChI=1S/C11H19N3O/c1-8-6-12-4-5-14(8)7-11-13-9(2)10(3)15-11/h8,12H,4-7H2,1-3H3/t8-/m1/s1. The van der Waals surface area contributed by atoms with E-state index in [4.69, 9.17) is 4.42 Å². The molecule has 4 nitrogen and oxygen atoms in total. The normalized spacial score (nSPS) is 23.3. The molecule has 0 aliphatic carbocycles. The van der Waals surface area contributed by atoms with Gasteiger partial charge in [-0.2, -0.15) is 0 Å². The van der Waals surface area contributed by atoms with E-state index in [9.17, 15) is 0 Å². The fraction of sp³-hybridized carbons (Fsp3) is 0.727. The number of rotatable bonds is 2. The van der Waals surface area contributed by atoms with E-state index in [2.05, 4.69) is 22.1 Å². The molecule has 1 atom stereocenters. The van der Waals surface area contributed by atoms with Crippen LogP contribution in [0.2, 0.25) is 0 Å². The summed E-state index contributed by atoms with van der Waals surface area (Å²) in [7, 11) is 0. The van der Waals surface area contributed by atoms with Crippen molar-refractivity contribution in [1.29, 1.82) is 0 Å². The molecule has 0 unspecified atom stereocenters. The summed E-state index contributed by atoms with van der Waals surface area (Å²) >= 11 is 0. The molecule has 2 heterocycles. The van der Waals surface area contributed by atoms with Gasteiger partial charge in [0, 0.05) is 25.7 Å². The van der Waals surface area contributed by atoms with E-state index < -0.39 is 0 Å². The SMILES string of the molecule is Cc1nc(CN2CCNC[C@H]2C)oc1C. The lowest BCUT2D eigenvalue weighted by atomic mass is 10.2. The second-order valence-electron chi connectivity index (χ2n) is 4.27. The lowest BCUT2D eigenvalue weighted by Gasteiger charge is -2.32. The lowest BCUT2D eigenvalue weighted by Crippen LogP contribution is -2.49. The number of aromatic nitrogens is 1. The van der Waals surface area contributed by atoms with Gasteiger partial charge in [-0.1, -0.05) is 0 Å². The predicted octanol–water partition coefficient (Wildman–Crippen LogP) is 1.09. The Bertz CT molecular complexity index is 315. The molecule has 0 bridgehead atoms. The number of hydrogen-bond donors (Lipinski definition) is 1. The fourth-order valence-electron chi connectivity index (χ4n) is 1.90. The summed E-state index contributed by atoms with van der Waals surface area (Å²) in [5.74, 6) is 1.78. The van der Waals surface area contributed by atoms with Crippen molar-refractivity contribution in [2.75, 3.05) is 19.6 Å². The smallest absolute Gasteiger partial charge is 0.208 e. The van der Waals surface area contributed by atoms with Crippen LogP contribution in [-0.4, -0.2) is 35.6 Å². The van der Waals surface area contributed by atoms with Crippen molar-refractivity contribution in [2.24, 2.45) is 0 Å². The van der Waals surface area contributed by atoms with Gasteiger partial charge in [-0.15, -0.1) is 0 Å². The molecule has 4 heteroatoms. The molecule has 1 N–H and O–H groups in total. The van der Waals surface area contributed by atoms with E-state index in [1.807, 2.05) is 13.8 Å². The van der Waals surface area contributed by atoms with E-state index in [0.717, 1.165) is 43.5 Å². The molecule has 0 radical (unpaired) electrons. The minimum atomic E-state index is 0.561. The molecule has 1 aromatic rings. The number of nitrogens with one attached hydrogen (secondary N) is 1. The lowest BCUT2D eigenvalue weighted by molar-refractivity contribution is 0.150. The molecule has 0 amide bonds. The third-order valence-corrected chi connectivity index (χ3v) is 3.05. The summed E-state index contributed by atoms with van der Waals surface area (Å²) in [4.78, 5) is 6.81. The van der Waals surface area contributed by atoms with Gasteiger partial charge in [0.15, 0.2) is 0 Å². The van der Waals surface area contributed by atoms with Crippen LogP contribution in [0.25, 0.3) is 0 Å². The molecule has 0 spiro atoms. The maximum absolute atomic E-state index is 5.59. The highest BCUT2D eigenvalue weighted by Gasteiger charge is 2.19. The van der Waals surface area contributed by atoms with Gasteiger partial charge in [-0.3, -0.25) is 4.90 Å². The Balaban J connectivity index is 2.01. The van der Waals surface area contributed by atoms with Crippen molar-refractivity contribution in [3.05, 3.63) is 17.3 Å². The van der Waals surface area contributed by atoms with Gasteiger partial charge in [0.2, 0.25) is 5.89 Å². The highest BCUT2D eigenvalue weighted by Crippen LogP contribution is 2.13. The Hall–Kier alpha value is -0.870. The third kappa shape index (κ3) is 2.38. The number of oxazole rings is 1. The molecule has 1 fully saturated rings. The average Bonchev–Trinajstić information content (AvgIpc) is 2.50. The first-order valence-electron chi connectivity index (χ1n) is 5.54. The summed E-state index contributed by atoms with van der Waals surface area (Å²) in [5, 5.41) is 3.37. The minimum absolute atomic E-state index is 0.561. The molecule has 1 saturated heterocycles. The summed E-state index contributed by atoms with van der Waals surface area (Å²) in [6.45, 7) is 10.2. The van der Waals surface area contributed by atoms with Gasteiger partial charge in [0.05, 0.1) is 12.2 Å². The third-order valence-electron chi connectivity index (χ3n) is 3.05. The Labute approximate surface area is 90.7 Å². The van der Waals surface area contributed by atoms with Crippen LogP contribution < -0.4 is 5.32 Å². The molecule has 1 aromatic heterocycles. The summed E-state index contributed by atoms with van der Waals surface area (Å²) < 4.78 is 5.59. The van der Waals surface area contributed by atoms with E-state index in [1.165, 1.54) is 0 Å². The van der Waals surface area contributed by atoms with Crippen LogP contribution in [0.5, 0.6) is 0 Å². The van der Waals surface area contributed by atoms with Crippen LogP contribution in [0.4, 0.5) is 0 Å². The number of piperazine rings is 1. The maximum atomic E-state index is 5.59. The molecule has 15 heavy (non-hydrogen) atoms. The Morgan fingerprint density at radius 3 is 2.93 bits per heavy atom. The van der Waals surface area contributed by atoms with Gasteiger partial charge in [-0.05, 0) is 20.8 Å². The Morgan fingerprint density at radius 1 is 1.53 bits per heavy atom. The quantitative estimate of drug-likeness (QED) is 0.791. The van der Waals surface area contributed by atoms with E-state index in [1.54, 1.807) is 0 Å². The zero-order chi connectivity index (χ0) is 10.8. The highest BCUT2D eigenvalue weighted by molar-refractivity contribution is 5.05. The molecule has 0 aromatic carbocycles. The second kappa shape index (κ2) is 4.33. The fourth-order valence-corrected chi connectivity index (χ4v) is 1.90. The van der Waals surface area contributed by atoms with Crippen molar-refractivity contribution >= 4 is 0 Å². The number of nitrogens with zero attached hydrogens (tertiary/aromatic N) is 2. The first-order chi connectivity index (χ1) is 7.16. The Morgan fingerprint density at radius 2 is 2.33 bits per heavy atom. The first-order valence-corrected chi connectivity index (χ1v) is 5.54. The second-order valence-corrected chi connectivity index (χ2v) is 4.27. The van der Waals surface area contributed by atoms with Crippen molar-refractivity contribution in [1.82, 2.24) is 15.2 Å². The predicted molar refractivity (Wildman–Crippen MR) is 58.7 cm³/mol. The van der Waals surface area contributed by atoms with Crippen molar-refractivity contribution in [3.63, 3.8) is 0 Å². The van der Waals surface area contributed by atoms with Crippen LogP contribution in [-0.2, 0) is 6.54 Å². The van der Waals surface area contributed by atoms with Crippen LogP contribution >= 0.6 is 0 Å². The van der Waals surface area contributed by atoms with Crippen molar-refractivity contribution in [2.45, 2.75) is 33.4 Å². The zero-order valence-electron chi connectivity index (χ0n) is 9.71. The van der Waals surface area contributed by atoms with Crippen LogP contribution in [0.3, 0.4) is 0 Å². The van der Waals surface area contributed by atoms with Crippen LogP contribution in [0.1, 0.15) is 24.3 Å². The van der Waals surface area contributed by atoms with Gasteiger partial charge in [0.1, 0.15) is 5.76 Å². The highest BCUT2D eigenvalue weighted by atomic mass is 16.4. The van der Waals surface area contributed by atoms with Gasteiger partial charge < -0.3 is 9.73 Å². The first kappa shape index (κ1) is 10.6. The zero-order valence-corrected chi connectivity index (χ0v) is 9.71. The summed E-state index contributed by atoms with van der Waals surface area (Å²) in [6.07, 6.45) is 0. The molecular formula is C11H19N3O. The van der Waals surface area contributed by atoms with Crippen molar-refractivity contribution in [3.8, 4) is 0 Å². The monoisotopic (exact) mass is 209 g/mol. The number of aryl methyl sites for hydroxylation is 2.